The zero-order valence-electron chi connectivity index (χ0n) is 12.2. The summed E-state index contributed by atoms with van der Waals surface area (Å²) in [7, 11) is 0. The molecule has 0 unspecified atom stereocenters. The SMILES string of the molecule is O=C(O)CC1=CCN(CC23CC4CC(CC(C4)C2)C3)C1. The average molecular weight is 275 g/mol. The summed E-state index contributed by atoms with van der Waals surface area (Å²) in [4.78, 5) is 13.3. The molecule has 0 aromatic heterocycles. The number of nitrogens with zero attached hydrogens (tertiary/aromatic N) is 1. The smallest absolute Gasteiger partial charge is 0.307 e. The first-order valence-corrected chi connectivity index (χ1v) is 8.22. The molecule has 110 valence electrons. The molecule has 4 saturated carbocycles. The van der Waals surface area contributed by atoms with E-state index in [0.29, 0.717) is 5.41 Å². The number of carboxylic acid groups (broad SMARTS) is 1. The maximum atomic E-state index is 10.8. The zero-order chi connectivity index (χ0) is 13.7. The van der Waals surface area contributed by atoms with Gasteiger partial charge in [0.2, 0.25) is 0 Å². The van der Waals surface area contributed by atoms with E-state index in [4.69, 9.17) is 5.11 Å². The number of carbonyl (C=O) groups is 1. The second-order valence-electron chi connectivity index (χ2n) is 8.02. The Kier molecular flexibility index (Phi) is 2.95. The average Bonchev–Trinajstić information content (AvgIpc) is 2.72. The van der Waals surface area contributed by atoms with Crippen molar-refractivity contribution in [3.05, 3.63) is 11.6 Å². The number of carboxylic acids is 1. The molecule has 0 radical (unpaired) electrons. The molecule has 3 nitrogen and oxygen atoms in total. The first-order valence-electron chi connectivity index (χ1n) is 8.22. The van der Waals surface area contributed by atoms with E-state index in [1.165, 1.54) is 45.1 Å². The molecule has 4 fully saturated rings. The molecule has 1 heterocycles. The van der Waals surface area contributed by atoms with Gasteiger partial charge in [-0.15, -0.1) is 0 Å². The standard InChI is InChI=1S/C17H25NO2/c19-16(20)6-12-1-2-18(10-12)11-17-7-13-3-14(8-17)5-15(4-13)9-17/h1,13-15H,2-11H2,(H,19,20). The highest BCUT2D eigenvalue weighted by Gasteiger charge is 2.51. The highest BCUT2D eigenvalue weighted by molar-refractivity contribution is 5.70. The van der Waals surface area contributed by atoms with Crippen molar-refractivity contribution in [2.24, 2.45) is 23.2 Å². The summed E-state index contributed by atoms with van der Waals surface area (Å²) in [6.07, 6.45) is 11.2. The lowest BCUT2D eigenvalue weighted by Crippen LogP contribution is -2.51. The molecular weight excluding hydrogens is 250 g/mol. The zero-order valence-corrected chi connectivity index (χ0v) is 12.2. The van der Waals surface area contributed by atoms with Gasteiger partial charge in [0.05, 0.1) is 6.42 Å². The van der Waals surface area contributed by atoms with Gasteiger partial charge in [-0.05, 0) is 67.3 Å². The third-order valence-corrected chi connectivity index (χ3v) is 6.17. The molecule has 0 aromatic carbocycles. The number of hydrogen-bond acceptors (Lipinski definition) is 2. The molecule has 0 amide bonds. The van der Waals surface area contributed by atoms with Crippen molar-refractivity contribution in [3.8, 4) is 0 Å². The van der Waals surface area contributed by atoms with Crippen molar-refractivity contribution in [1.29, 1.82) is 0 Å². The molecule has 4 bridgehead atoms. The van der Waals surface area contributed by atoms with E-state index in [1.54, 1.807) is 0 Å². The van der Waals surface area contributed by atoms with Gasteiger partial charge in [0.15, 0.2) is 0 Å². The molecule has 0 atom stereocenters. The van der Waals surface area contributed by atoms with Crippen molar-refractivity contribution in [1.82, 2.24) is 4.90 Å². The molecular formula is C17H25NO2. The fraction of sp³-hybridized carbons (Fsp3) is 0.824. The first kappa shape index (κ1) is 12.9. The Balaban J connectivity index is 1.39. The maximum absolute atomic E-state index is 10.8. The third kappa shape index (κ3) is 2.30. The lowest BCUT2D eigenvalue weighted by molar-refractivity contribution is -0.136. The van der Waals surface area contributed by atoms with E-state index in [9.17, 15) is 4.79 Å². The molecule has 1 aliphatic heterocycles. The van der Waals surface area contributed by atoms with Crippen molar-refractivity contribution in [2.45, 2.75) is 44.9 Å². The van der Waals surface area contributed by atoms with Gasteiger partial charge in [0, 0.05) is 19.6 Å². The van der Waals surface area contributed by atoms with Gasteiger partial charge in [-0.3, -0.25) is 9.69 Å². The predicted octanol–water partition coefficient (Wildman–Crippen LogP) is 2.92. The normalized spacial score (nSPS) is 43.0. The first-order chi connectivity index (χ1) is 9.60. The minimum absolute atomic E-state index is 0.234. The van der Waals surface area contributed by atoms with Gasteiger partial charge in [-0.1, -0.05) is 6.08 Å². The Hall–Kier alpha value is -0.830. The van der Waals surface area contributed by atoms with E-state index in [-0.39, 0.29) is 6.42 Å². The van der Waals surface area contributed by atoms with Crippen LogP contribution >= 0.6 is 0 Å². The van der Waals surface area contributed by atoms with Crippen LogP contribution in [0.15, 0.2) is 11.6 Å². The van der Waals surface area contributed by atoms with Crippen molar-refractivity contribution in [2.75, 3.05) is 19.6 Å². The topological polar surface area (TPSA) is 40.5 Å². The minimum atomic E-state index is -0.687. The summed E-state index contributed by atoms with van der Waals surface area (Å²) >= 11 is 0. The summed E-state index contributed by atoms with van der Waals surface area (Å²) < 4.78 is 0. The van der Waals surface area contributed by atoms with Gasteiger partial charge in [0.1, 0.15) is 0 Å². The molecule has 20 heavy (non-hydrogen) atoms. The highest BCUT2D eigenvalue weighted by Crippen LogP contribution is 2.60. The van der Waals surface area contributed by atoms with E-state index in [1.807, 2.05) is 0 Å². The number of hydrogen-bond donors (Lipinski definition) is 1. The fourth-order valence-corrected chi connectivity index (χ4v) is 6.08. The van der Waals surface area contributed by atoms with Crippen LogP contribution in [0.3, 0.4) is 0 Å². The Morgan fingerprint density at radius 3 is 2.35 bits per heavy atom. The molecule has 0 aromatic rings. The summed E-state index contributed by atoms with van der Waals surface area (Å²) in [5.41, 5.74) is 1.70. The van der Waals surface area contributed by atoms with Gasteiger partial charge >= 0.3 is 5.97 Å². The van der Waals surface area contributed by atoms with Gasteiger partial charge in [-0.25, -0.2) is 0 Å². The second kappa shape index (κ2) is 4.59. The Labute approximate surface area is 121 Å². The van der Waals surface area contributed by atoms with Crippen molar-refractivity contribution in [3.63, 3.8) is 0 Å². The van der Waals surface area contributed by atoms with E-state index in [0.717, 1.165) is 36.4 Å². The van der Waals surface area contributed by atoms with Crippen molar-refractivity contribution >= 4 is 5.97 Å². The maximum Gasteiger partial charge on any atom is 0.307 e. The third-order valence-electron chi connectivity index (χ3n) is 6.17. The van der Waals surface area contributed by atoms with Gasteiger partial charge in [-0.2, -0.15) is 0 Å². The Morgan fingerprint density at radius 1 is 1.20 bits per heavy atom. The molecule has 0 spiro atoms. The van der Waals surface area contributed by atoms with Crippen LogP contribution in [0.4, 0.5) is 0 Å². The minimum Gasteiger partial charge on any atom is -0.481 e. The molecule has 5 aliphatic rings. The van der Waals surface area contributed by atoms with Crippen LogP contribution in [0.25, 0.3) is 0 Å². The van der Waals surface area contributed by atoms with Crippen LogP contribution in [-0.2, 0) is 4.79 Å². The van der Waals surface area contributed by atoms with Crippen LogP contribution in [0.5, 0.6) is 0 Å². The predicted molar refractivity (Wildman–Crippen MR) is 77.4 cm³/mol. The van der Waals surface area contributed by atoms with E-state index in [2.05, 4.69) is 11.0 Å². The van der Waals surface area contributed by atoms with Crippen LogP contribution in [0.1, 0.15) is 44.9 Å². The number of aliphatic carboxylic acids is 1. The second-order valence-corrected chi connectivity index (χ2v) is 8.02. The molecule has 3 heteroatoms. The largest absolute Gasteiger partial charge is 0.481 e. The summed E-state index contributed by atoms with van der Waals surface area (Å²) in [6, 6.07) is 0. The summed E-state index contributed by atoms with van der Waals surface area (Å²) in [5, 5.41) is 8.90. The summed E-state index contributed by atoms with van der Waals surface area (Å²) in [5.74, 6) is 2.34. The van der Waals surface area contributed by atoms with Crippen LogP contribution < -0.4 is 0 Å². The lowest BCUT2D eigenvalue weighted by Gasteiger charge is -2.57. The Morgan fingerprint density at radius 2 is 1.80 bits per heavy atom. The van der Waals surface area contributed by atoms with Gasteiger partial charge in [0.25, 0.3) is 0 Å². The number of rotatable bonds is 4. The van der Waals surface area contributed by atoms with Crippen molar-refractivity contribution < 1.29 is 9.90 Å². The van der Waals surface area contributed by atoms with E-state index >= 15 is 0 Å². The quantitative estimate of drug-likeness (QED) is 0.802. The molecule has 4 aliphatic carbocycles. The monoisotopic (exact) mass is 275 g/mol. The van der Waals surface area contributed by atoms with Crippen LogP contribution in [0.2, 0.25) is 0 Å². The van der Waals surface area contributed by atoms with E-state index < -0.39 is 5.97 Å². The molecule has 1 N–H and O–H groups in total. The molecule has 5 rings (SSSR count). The molecule has 0 saturated heterocycles. The lowest BCUT2D eigenvalue weighted by atomic mass is 9.49. The Bertz CT molecular complexity index is 419. The van der Waals surface area contributed by atoms with Gasteiger partial charge < -0.3 is 5.11 Å². The fourth-order valence-electron chi connectivity index (χ4n) is 6.08. The highest BCUT2D eigenvalue weighted by atomic mass is 16.4. The van der Waals surface area contributed by atoms with Crippen LogP contribution in [0, 0.1) is 23.2 Å². The van der Waals surface area contributed by atoms with Crippen LogP contribution in [-0.4, -0.2) is 35.6 Å². The summed E-state index contributed by atoms with van der Waals surface area (Å²) in [6.45, 7) is 3.09.